The quantitative estimate of drug-likeness (QED) is 0.724. The van der Waals surface area contributed by atoms with E-state index >= 15 is 0 Å². The summed E-state index contributed by atoms with van der Waals surface area (Å²) in [5.41, 5.74) is 2.23. The van der Waals surface area contributed by atoms with Crippen molar-refractivity contribution in [2.24, 2.45) is 0 Å². The number of rotatable bonds is 1. The molecule has 0 aliphatic rings. The maximum atomic E-state index is 11.3. The minimum absolute atomic E-state index is 0.311. The zero-order valence-electron chi connectivity index (χ0n) is 6.89. The Labute approximate surface area is 80.0 Å². The Morgan fingerprint density at radius 1 is 1.38 bits per heavy atom. The van der Waals surface area contributed by atoms with Crippen LogP contribution in [0.4, 0.5) is 0 Å². The van der Waals surface area contributed by atoms with Gasteiger partial charge >= 0.3 is 0 Å². The lowest BCUT2D eigenvalue weighted by Gasteiger charge is -1.97. The molecule has 0 saturated heterocycles. The van der Waals surface area contributed by atoms with E-state index < -0.39 is 9.84 Å². The Bertz CT molecular complexity index is 542. The van der Waals surface area contributed by atoms with Crippen molar-refractivity contribution in [3.05, 3.63) is 23.7 Å². The maximum Gasteiger partial charge on any atom is 0.177 e. The molecule has 13 heavy (non-hydrogen) atoms. The summed E-state index contributed by atoms with van der Waals surface area (Å²) < 4.78 is 23.5. The first-order chi connectivity index (χ1) is 6.09. The van der Waals surface area contributed by atoms with Gasteiger partial charge in [0.1, 0.15) is 0 Å². The molecule has 1 heterocycles. The van der Waals surface area contributed by atoms with Crippen LogP contribution in [-0.2, 0) is 9.84 Å². The third kappa shape index (κ3) is 1.45. The smallest absolute Gasteiger partial charge is 0.177 e. The molecule has 0 amide bonds. The predicted octanol–water partition coefficient (Wildman–Crippen LogP) is 1.70. The van der Waals surface area contributed by atoms with Gasteiger partial charge in [0.2, 0.25) is 0 Å². The molecule has 3 nitrogen and oxygen atoms in total. The molecule has 0 aliphatic carbocycles. The third-order valence-corrected chi connectivity index (χ3v) is 3.65. The summed E-state index contributed by atoms with van der Waals surface area (Å²) >= 11 is 1.44. The molecule has 0 bridgehead atoms. The van der Waals surface area contributed by atoms with Gasteiger partial charge < -0.3 is 0 Å². The van der Waals surface area contributed by atoms with Crippen LogP contribution in [0.25, 0.3) is 10.2 Å². The van der Waals surface area contributed by atoms with E-state index in [0.717, 1.165) is 4.70 Å². The molecule has 68 valence electrons. The van der Waals surface area contributed by atoms with Crippen molar-refractivity contribution in [1.29, 1.82) is 0 Å². The van der Waals surface area contributed by atoms with Crippen LogP contribution in [0.2, 0.25) is 0 Å². The van der Waals surface area contributed by atoms with Crippen molar-refractivity contribution in [3.8, 4) is 0 Å². The zero-order chi connectivity index (χ0) is 9.47. The maximum absolute atomic E-state index is 11.3. The van der Waals surface area contributed by atoms with E-state index in [9.17, 15) is 8.42 Å². The molecule has 0 spiro atoms. The average molecular weight is 213 g/mol. The molecule has 1 aromatic carbocycles. The first-order valence-corrected chi connectivity index (χ1v) is 6.38. The lowest BCUT2D eigenvalue weighted by Crippen LogP contribution is -1.97. The van der Waals surface area contributed by atoms with Gasteiger partial charge in [-0.3, -0.25) is 0 Å². The summed E-state index contributed by atoms with van der Waals surface area (Å²) in [5.74, 6) is 0. The van der Waals surface area contributed by atoms with Crippen LogP contribution < -0.4 is 0 Å². The van der Waals surface area contributed by atoms with Gasteiger partial charge in [0.15, 0.2) is 9.84 Å². The van der Waals surface area contributed by atoms with Gasteiger partial charge in [0.05, 0.1) is 20.6 Å². The molecule has 2 aromatic rings. The normalized spacial score (nSPS) is 12.1. The molecular formula is C8H7NO2S2. The summed E-state index contributed by atoms with van der Waals surface area (Å²) in [5, 5.41) is 0. The van der Waals surface area contributed by atoms with E-state index in [1.165, 1.54) is 17.6 Å². The van der Waals surface area contributed by atoms with Gasteiger partial charge in [0, 0.05) is 6.26 Å². The van der Waals surface area contributed by atoms with Gasteiger partial charge in [-0.25, -0.2) is 13.4 Å². The number of sulfone groups is 1. The van der Waals surface area contributed by atoms with Crippen molar-refractivity contribution < 1.29 is 8.42 Å². The van der Waals surface area contributed by atoms with Gasteiger partial charge in [-0.15, -0.1) is 11.3 Å². The highest BCUT2D eigenvalue weighted by molar-refractivity contribution is 7.91. The van der Waals surface area contributed by atoms with Gasteiger partial charge in [-0.05, 0) is 12.1 Å². The number of para-hydroxylation sites is 1. The standard InChI is InChI=1S/C8H7NO2S2/c1-13(10,11)7-4-2-3-6-8(7)9-5-12-6/h2-5H,1H3. The van der Waals surface area contributed by atoms with Crippen LogP contribution in [0.15, 0.2) is 28.6 Å². The van der Waals surface area contributed by atoms with E-state index in [1.807, 2.05) is 6.07 Å². The molecule has 0 fully saturated rings. The molecule has 0 atom stereocenters. The fourth-order valence-corrected chi connectivity index (χ4v) is 2.77. The number of fused-ring (bicyclic) bond motifs is 1. The highest BCUT2D eigenvalue weighted by Crippen LogP contribution is 2.24. The van der Waals surface area contributed by atoms with Crippen LogP contribution in [-0.4, -0.2) is 19.7 Å². The van der Waals surface area contributed by atoms with Crippen molar-refractivity contribution in [2.45, 2.75) is 4.90 Å². The first-order valence-electron chi connectivity index (χ1n) is 3.61. The largest absolute Gasteiger partial charge is 0.243 e. The topological polar surface area (TPSA) is 47.0 Å². The summed E-state index contributed by atoms with van der Waals surface area (Å²) in [6.07, 6.45) is 1.20. The molecule has 0 radical (unpaired) electrons. The lowest BCUT2D eigenvalue weighted by atomic mass is 10.3. The monoisotopic (exact) mass is 213 g/mol. The molecule has 0 unspecified atom stereocenters. The lowest BCUT2D eigenvalue weighted by molar-refractivity contribution is 0.602. The van der Waals surface area contributed by atoms with Crippen molar-refractivity contribution in [2.75, 3.05) is 6.26 Å². The first kappa shape index (κ1) is 8.65. The molecule has 0 saturated carbocycles. The van der Waals surface area contributed by atoms with E-state index in [1.54, 1.807) is 17.6 Å². The molecule has 0 N–H and O–H groups in total. The highest BCUT2D eigenvalue weighted by Gasteiger charge is 2.12. The molecule has 1 aromatic heterocycles. The number of hydrogen-bond acceptors (Lipinski definition) is 4. The number of thiazole rings is 1. The second-order valence-electron chi connectivity index (χ2n) is 2.73. The second kappa shape index (κ2) is 2.78. The molecule has 0 aliphatic heterocycles. The highest BCUT2D eigenvalue weighted by atomic mass is 32.2. The van der Waals surface area contributed by atoms with E-state index in [-0.39, 0.29) is 0 Å². The zero-order valence-corrected chi connectivity index (χ0v) is 8.52. The summed E-state index contributed by atoms with van der Waals surface area (Å²) in [6.45, 7) is 0. The Kier molecular flexibility index (Phi) is 1.85. The summed E-state index contributed by atoms with van der Waals surface area (Å²) in [7, 11) is -3.16. The predicted molar refractivity (Wildman–Crippen MR) is 52.7 cm³/mol. The average Bonchev–Trinajstić information content (AvgIpc) is 2.48. The number of aromatic nitrogens is 1. The summed E-state index contributed by atoms with van der Waals surface area (Å²) in [6, 6.07) is 5.18. The number of benzene rings is 1. The van der Waals surface area contributed by atoms with Crippen molar-refractivity contribution in [1.82, 2.24) is 4.98 Å². The van der Waals surface area contributed by atoms with E-state index in [4.69, 9.17) is 0 Å². The molecule has 5 heteroatoms. The Morgan fingerprint density at radius 3 is 2.85 bits per heavy atom. The van der Waals surface area contributed by atoms with Gasteiger partial charge in [-0.1, -0.05) is 6.07 Å². The fraction of sp³-hybridized carbons (Fsp3) is 0.125. The Hall–Kier alpha value is -0.940. The van der Waals surface area contributed by atoms with E-state index in [0.29, 0.717) is 10.4 Å². The minimum atomic E-state index is -3.16. The number of hydrogen-bond donors (Lipinski definition) is 0. The van der Waals surface area contributed by atoms with Gasteiger partial charge in [-0.2, -0.15) is 0 Å². The summed E-state index contributed by atoms with van der Waals surface area (Å²) in [4.78, 5) is 4.34. The van der Waals surface area contributed by atoms with Crippen LogP contribution in [0.1, 0.15) is 0 Å². The minimum Gasteiger partial charge on any atom is -0.243 e. The van der Waals surface area contributed by atoms with Crippen molar-refractivity contribution in [3.63, 3.8) is 0 Å². The van der Waals surface area contributed by atoms with Crippen LogP contribution >= 0.6 is 11.3 Å². The third-order valence-electron chi connectivity index (χ3n) is 1.72. The SMILES string of the molecule is CS(=O)(=O)c1cccc2scnc12. The second-order valence-corrected chi connectivity index (χ2v) is 5.60. The van der Waals surface area contributed by atoms with E-state index in [2.05, 4.69) is 4.98 Å². The Morgan fingerprint density at radius 2 is 2.15 bits per heavy atom. The Balaban J connectivity index is 2.91. The van der Waals surface area contributed by atoms with Crippen LogP contribution in [0.3, 0.4) is 0 Å². The fourth-order valence-electron chi connectivity index (χ4n) is 1.16. The molecule has 2 rings (SSSR count). The number of nitrogens with zero attached hydrogens (tertiary/aromatic N) is 1. The van der Waals surface area contributed by atoms with Crippen LogP contribution in [0.5, 0.6) is 0 Å². The molecular weight excluding hydrogens is 206 g/mol. The van der Waals surface area contributed by atoms with Gasteiger partial charge in [0.25, 0.3) is 0 Å². The van der Waals surface area contributed by atoms with Crippen molar-refractivity contribution >= 4 is 31.4 Å². The van der Waals surface area contributed by atoms with Crippen LogP contribution in [0, 0.1) is 0 Å².